The van der Waals surface area contributed by atoms with Crippen LogP contribution in [0.3, 0.4) is 0 Å². The lowest BCUT2D eigenvalue weighted by Gasteiger charge is -2.30. The molecule has 0 radical (unpaired) electrons. The number of carbonyl (C=O) groups is 2. The van der Waals surface area contributed by atoms with Crippen molar-refractivity contribution in [1.29, 1.82) is 5.26 Å². The molecular weight excluding hydrogens is 343 g/mol. The summed E-state index contributed by atoms with van der Waals surface area (Å²) in [4.78, 5) is 35.1. The molecule has 11 heteroatoms. The highest BCUT2D eigenvalue weighted by molar-refractivity contribution is 7.45. The number of amides is 1. The molecule has 0 fully saturated rings. The molecular formula is C13H22N2O8P-. The minimum Gasteiger partial charge on any atom is -0.756 e. The fraction of sp³-hybridized carbons (Fsp3) is 0.769. The molecule has 0 aliphatic carbocycles. The topological polar surface area (TPSA) is 147 Å². The molecule has 0 aromatic carbocycles. The predicted octanol–water partition coefficient (Wildman–Crippen LogP) is 0.856. The Labute approximate surface area is 140 Å². The normalized spacial score (nSPS) is 16.2. The molecule has 138 valence electrons. The number of nitriles is 1. The molecule has 0 spiro atoms. The van der Waals surface area contributed by atoms with E-state index in [2.05, 4.69) is 14.6 Å². The number of hydrogen-bond donors (Lipinski definition) is 1. The van der Waals surface area contributed by atoms with Crippen LogP contribution in [0, 0.1) is 11.3 Å². The van der Waals surface area contributed by atoms with E-state index in [1.54, 1.807) is 26.8 Å². The standard InChI is InChI=1S/C13H23N2O8P/c1-9(23-24(18,19)21-8-6-7-14)10(11(16)20-5)15-12(17)22-13(2,3)4/h9-10H,6,8H2,1-5H3,(H,15,17)(H,18,19)/p-1. The van der Waals surface area contributed by atoms with Crippen LogP contribution in [-0.4, -0.2) is 43.5 Å². The van der Waals surface area contributed by atoms with Crippen LogP contribution in [0.15, 0.2) is 0 Å². The lowest BCUT2D eigenvalue weighted by atomic mass is 10.2. The summed E-state index contributed by atoms with van der Waals surface area (Å²) in [6.07, 6.45) is -2.42. The van der Waals surface area contributed by atoms with E-state index in [1.165, 1.54) is 6.92 Å². The molecule has 0 aromatic rings. The van der Waals surface area contributed by atoms with Crippen LogP contribution in [0.4, 0.5) is 4.79 Å². The molecule has 3 atom stereocenters. The number of ether oxygens (including phenoxy) is 2. The molecule has 0 heterocycles. The third kappa shape index (κ3) is 9.47. The second-order valence-corrected chi connectivity index (χ2v) is 7.01. The minimum absolute atomic E-state index is 0.152. The van der Waals surface area contributed by atoms with Crippen molar-refractivity contribution in [2.45, 2.75) is 51.9 Å². The molecule has 0 aromatic heterocycles. The number of nitrogens with zero attached hydrogens (tertiary/aromatic N) is 1. The Morgan fingerprint density at radius 2 is 1.96 bits per heavy atom. The Morgan fingerprint density at radius 1 is 1.38 bits per heavy atom. The zero-order valence-corrected chi connectivity index (χ0v) is 15.1. The monoisotopic (exact) mass is 365 g/mol. The Kier molecular flexibility index (Phi) is 8.93. The number of phosphoric acid groups is 1. The third-order valence-electron chi connectivity index (χ3n) is 2.36. The van der Waals surface area contributed by atoms with Crippen LogP contribution in [0.25, 0.3) is 0 Å². The van der Waals surface area contributed by atoms with Crippen LogP contribution in [0.1, 0.15) is 34.1 Å². The average molecular weight is 365 g/mol. The van der Waals surface area contributed by atoms with Crippen LogP contribution in [0.5, 0.6) is 0 Å². The van der Waals surface area contributed by atoms with Crippen molar-refractivity contribution in [1.82, 2.24) is 5.32 Å². The van der Waals surface area contributed by atoms with Gasteiger partial charge in [0.05, 0.1) is 32.3 Å². The summed E-state index contributed by atoms with van der Waals surface area (Å²) in [5.74, 6) is -0.926. The van der Waals surface area contributed by atoms with Crippen LogP contribution in [0.2, 0.25) is 0 Å². The van der Waals surface area contributed by atoms with Crippen molar-refractivity contribution in [3.05, 3.63) is 0 Å². The SMILES string of the molecule is COC(=O)C(NC(=O)OC(C)(C)C)C(C)OP(=O)([O-])OCCC#N. The van der Waals surface area contributed by atoms with E-state index < -0.39 is 37.6 Å². The average Bonchev–Trinajstić information content (AvgIpc) is 2.41. The number of hydrogen-bond acceptors (Lipinski definition) is 9. The molecule has 0 aliphatic heterocycles. The summed E-state index contributed by atoms with van der Waals surface area (Å²) in [7, 11) is -3.70. The lowest BCUT2D eigenvalue weighted by molar-refractivity contribution is -0.229. The first-order valence-corrected chi connectivity index (χ1v) is 8.46. The second kappa shape index (κ2) is 9.59. The predicted molar refractivity (Wildman–Crippen MR) is 79.5 cm³/mol. The molecule has 1 N–H and O–H groups in total. The van der Waals surface area contributed by atoms with Crippen LogP contribution >= 0.6 is 7.82 Å². The smallest absolute Gasteiger partial charge is 0.408 e. The summed E-state index contributed by atoms with van der Waals surface area (Å²) in [5.41, 5.74) is -0.816. The van der Waals surface area contributed by atoms with E-state index in [0.29, 0.717) is 0 Å². The van der Waals surface area contributed by atoms with E-state index in [-0.39, 0.29) is 13.0 Å². The maximum atomic E-state index is 11.8. The summed E-state index contributed by atoms with van der Waals surface area (Å²) in [6, 6.07) is 0.265. The maximum absolute atomic E-state index is 11.8. The van der Waals surface area contributed by atoms with Crippen molar-refractivity contribution in [3.8, 4) is 6.07 Å². The van der Waals surface area contributed by atoms with E-state index >= 15 is 0 Å². The van der Waals surface area contributed by atoms with Gasteiger partial charge in [0.2, 0.25) is 0 Å². The van der Waals surface area contributed by atoms with E-state index in [1.807, 2.05) is 0 Å². The van der Waals surface area contributed by atoms with Crippen molar-refractivity contribution in [2.24, 2.45) is 0 Å². The van der Waals surface area contributed by atoms with Gasteiger partial charge in [-0.05, 0) is 27.7 Å². The van der Waals surface area contributed by atoms with Gasteiger partial charge in [0.25, 0.3) is 7.82 Å². The lowest BCUT2D eigenvalue weighted by Crippen LogP contribution is -2.50. The van der Waals surface area contributed by atoms with Gasteiger partial charge in [0, 0.05) is 0 Å². The first-order valence-electron chi connectivity index (χ1n) is 7.00. The Balaban J connectivity index is 4.92. The van der Waals surface area contributed by atoms with Crippen LogP contribution < -0.4 is 10.2 Å². The molecule has 0 saturated heterocycles. The van der Waals surface area contributed by atoms with Gasteiger partial charge in [-0.3, -0.25) is 4.57 Å². The molecule has 0 rings (SSSR count). The van der Waals surface area contributed by atoms with Gasteiger partial charge >= 0.3 is 12.1 Å². The summed E-state index contributed by atoms with van der Waals surface area (Å²) < 4.78 is 30.3. The molecule has 0 aliphatic rings. The zero-order chi connectivity index (χ0) is 19.0. The molecule has 24 heavy (non-hydrogen) atoms. The van der Waals surface area contributed by atoms with Crippen molar-refractivity contribution >= 4 is 19.9 Å². The van der Waals surface area contributed by atoms with Gasteiger partial charge in [-0.2, -0.15) is 5.26 Å². The highest BCUT2D eigenvalue weighted by Gasteiger charge is 2.32. The van der Waals surface area contributed by atoms with Crippen molar-refractivity contribution in [2.75, 3.05) is 13.7 Å². The molecule has 0 bridgehead atoms. The van der Waals surface area contributed by atoms with Crippen molar-refractivity contribution in [3.63, 3.8) is 0 Å². The number of alkyl carbamates (subject to hydrolysis) is 1. The highest BCUT2D eigenvalue weighted by Crippen LogP contribution is 2.40. The first kappa shape index (κ1) is 22.3. The Hall–Kier alpha value is -1.66. The minimum atomic E-state index is -4.77. The van der Waals surface area contributed by atoms with Crippen molar-refractivity contribution < 1.29 is 37.6 Å². The van der Waals surface area contributed by atoms with Gasteiger partial charge in [-0.1, -0.05) is 0 Å². The van der Waals surface area contributed by atoms with Gasteiger partial charge in [-0.25, -0.2) is 9.59 Å². The van der Waals surface area contributed by atoms with Crippen LogP contribution in [-0.2, 0) is 27.9 Å². The Bertz CT molecular complexity index is 525. The fourth-order valence-corrected chi connectivity index (χ4v) is 2.33. The van der Waals surface area contributed by atoms with Gasteiger partial charge < -0.3 is 28.7 Å². The largest absolute Gasteiger partial charge is 0.756 e. The third-order valence-corrected chi connectivity index (χ3v) is 3.44. The molecule has 10 nitrogen and oxygen atoms in total. The number of phosphoric ester groups is 1. The number of methoxy groups -OCH3 is 1. The number of esters is 1. The van der Waals surface area contributed by atoms with E-state index in [4.69, 9.17) is 14.5 Å². The number of rotatable bonds is 8. The second-order valence-electron chi connectivity index (χ2n) is 5.65. The highest BCUT2D eigenvalue weighted by atomic mass is 31.2. The number of nitrogens with one attached hydrogen (secondary N) is 1. The summed E-state index contributed by atoms with van der Waals surface area (Å²) in [6.45, 7) is 5.71. The van der Waals surface area contributed by atoms with E-state index in [0.717, 1.165) is 7.11 Å². The quantitative estimate of drug-likeness (QED) is 0.375. The van der Waals surface area contributed by atoms with Gasteiger partial charge in [0.1, 0.15) is 5.60 Å². The maximum Gasteiger partial charge on any atom is 0.408 e. The summed E-state index contributed by atoms with van der Waals surface area (Å²) in [5, 5.41) is 10.5. The Morgan fingerprint density at radius 3 is 2.42 bits per heavy atom. The molecule has 3 unspecified atom stereocenters. The fourth-order valence-electron chi connectivity index (χ4n) is 1.43. The molecule has 0 saturated carbocycles. The van der Waals surface area contributed by atoms with Gasteiger partial charge in [-0.15, -0.1) is 0 Å². The first-order chi connectivity index (χ1) is 10.9. The van der Waals surface area contributed by atoms with Gasteiger partial charge in [0.15, 0.2) is 6.04 Å². The zero-order valence-electron chi connectivity index (χ0n) is 14.2. The molecule has 1 amide bonds. The van der Waals surface area contributed by atoms with E-state index in [9.17, 15) is 19.0 Å². The summed E-state index contributed by atoms with van der Waals surface area (Å²) >= 11 is 0. The number of carbonyl (C=O) groups excluding carboxylic acids is 2.